The van der Waals surface area contributed by atoms with E-state index in [0.29, 0.717) is 28.7 Å². The van der Waals surface area contributed by atoms with Crippen LogP contribution in [0.15, 0.2) is 60.0 Å². The predicted octanol–water partition coefficient (Wildman–Crippen LogP) is 4.54. The van der Waals surface area contributed by atoms with Crippen molar-refractivity contribution in [2.75, 3.05) is 6.54 Å². The van der Waals surface area contributed by atoms with E-state index in [1.54, 1.807) is 30.6 Å². The highest BCUT2D eigenvalue weighted by molar-refractivity contribution is 8.00. The molecule has 0 unspecified atom stereocenters. The van der Waals surface area contributed by atoms with Crippen LogP contribution in [0.4, 0.5) is 0 Å². The van der Waals surface area contributed by atoms with Crippen molar-refractivity contribution < 1.29 is 9.59 Å². The van der Waals surface area contributed by atoms with Gasteiger partial charge in [-0.2, -0.15) is 0 Å². The Kier molecular flexibility index (Phi) is 6.20. The van der Waals surface area contributed by atoms with E-state index in [0.717, 1.165) is 24.1 Å². The number of imide groups is 1. The molecule has 0 N–H and O–H groups in total. The molecule has 1 atom stereocenters. The highest BCUT2D eigenvalue weighted by atomic mass is 35.5. The van der Waals surface area contributed by atoms with Gasteiger partial charge in [0.15, 0.2) is 5.16 Å². The molecule has 4 rings (SSSR count). The first-order valence-corrected chi connectivity index (χ1v) is 11.0. The third-order valence-electron chi connectivity index (χ3n) is 5.11. The number of hydrogen-bond donors (Lipinski definition) is 0. The number of carbonyl (C=O) groups is 2. The normalized spacial score (nSPS) is 17.1. The van der Waals surface area contributed by atoms with E-state index in [1.165, 1.54) is 16.7 Å². The summed E-state index contributed by atoms with van der Waals surface area (Å²) < 4.78 is 1.89. The Bertz CT molecular complexity index is 1070. The van der Waals surface area contributed by atoms with Crippen LogP contribution in [0.1, 0.15) is 35.2 Å². The van der Waals surface area contributed by atoms with Crippen molar-refractivity contribution in [3.8, 4) is 5.69 Å². The van der Waals surface area contributed by atoms with E-state index in [4.69, 9.17) is 11.6 Å². The molecule has 1 aromatic heterocycles. The summed E-state index contributed by atoms with van der Waals surface area (Å²) in [5.74, 6) is -0.471. The molecule has 154 valence electrons. The maximum absolute atomic E-state index is 13.3. The van der Waals surface area contributed by atoms with E-state index < -0.39 is 5.25 Å². The van der Waals surface area contributed by atoms with Crippen molar-refractivity contribution in [2.45, 2.75) is 36.6 Å². The van der Waals surface area contributed by atoms with E-state index in [9.17, 15) is 9.59 Å². The van der Waals surface area contributed by atoms with Crippen molar-refractivity contribution in [3.63, 3.8) is 0 Å². The van der Waals surface area contributed by atoms with Gasteiger partial charge in [-0.15, -0.1) is 10.2 Å². The second-order valence-electron chi connectivity index (χ2n) is 7.17. The largest absolute Gasteiger partial charge is 0.278 e. The zero-order chi connectivity index (χ0) is 21.1. The molecule has 8 heteroatoms. The zero-order valence-electron chi connectivity index (χ0n) is 16.5. The number of benzene rings is 2. The highest BCUT2D eigenvalue weighted by Gasteiger charge is 2.33. The van der Waals surface area contributed by atoms with Crippen molar-refractivity contribution in [3.05, 3.63) is 71.0 Å². The summed E-state index contributed by atoms with van der Waals surface area (Å²) in [6.07, 6.45) is 4.00. The first-order chi connectivity index (χ1) is 14.5. The van der Waals surface area contributed by atoms with Crippen LogP contribution >= 0.6 is 23.4 Å². The Labute approximate surface area is 184 Å². The molecule has 6 nitrogen and oxygen atoms in total. The number of aryl methyl sites for hydroxylation is 1. The van der Waals surface area contributed by atoms with Gasteiger partial charge in [-0.3, -0.25) is 19.1 Å². The van der Waals surface area contributed by atoms with Gasteiger partial charge in [-0.25, -0.2) is 0 Å². The van der Waals surface area contributed by atoms with Crippen molar-refractivity contribution in [2.24, 2.45) is 0 Å². The molecule has 0 aliphatic carbocycles. The summed E-state index contributed by atoms with van der Waals surface area (Å²) >= 11 is 7.29. The maximum Gasteiger partial charge on any atom is 0.260 e. The first kappa shape index (κ1) is 20.6. The number of nitrogens with zero attached hydrogens (tertiary/aromatic N) is 4. The fourth-order valence-corrected chi connectivity index (χ4v) is 4.74. The summed E-state index contributed by atoms with van der Waals surface area (Å²) in [7, 11) is 0. The molecule has 2 amide bonds. The standard InChI is InChI=1S/C22H21ClN4O2S/c1-15-6-2-3-7-18(15)27-14-24-25-22(27)30-19-8-4-5-13-26(21(19)29)20(28)16-9-11-17(23)12-10-16/h2-3,6-7,9-12,14,19H,4-5,8,13H2,1H3/t19-/m0/s1. The summed E-state index contributed by atoms with van der Waals surface area (Å²) in [5, 5.41) is 9.09. The number of rotatable bonds is 4. The molecule has 1 saturated heterocycles. The van der Waals surface area contributed by atoms with Crippen LogP contribution in [-0.4, -0.2) is 43.3 Å². The number of aromatic nitrogens is 3. The van der Waals surface area contributed by atoms with Gasteiger partial charge < -0.3 is 0 Å². The van der Waals surface area contributed by atoms with Crippen LogP contribution in [0.5, 0.6) is 0 Å². The molecule has 2 heterocycles. The van der Waals surface area contributed by atoms with Gasteiger partial charge in [-0.05, 0) is 55.7 Å². The van der Waals surface area contributed by atoms with Crippen LogP contribution in [0.3, 0.4) is 0 Å². The topological polar surface area (TPSA) is 68.1 Å². The van der Waals surface area contributed by atoms with Crippen molar-refractivity contribution in [1.82, 2.24) is 19.7 Å². The summed E-state index contributed by atoms with van der Waals surface area (Å²) in [5.41, 5.74) is 2.52. The summed E-state index contributed by atoms with van der Waals surface area (Å²) in [6, 6.07) is 14.6. The average Bonchev–Trinajstić information content (AvgIpc) is 3.12. The fraction of sp³-hybridized carbons (Fsp3) is 0.273. The second kappa shape index (κ2) is 9.02. The van der Waals surface area contributed by atoms with Gasteiger partial charge >= 0.3 is 0 Å². The Morgan fingerprint density at radius 3 is 2.67 bits per heavy atom. The number of likely N-dealkylation sites (tertiary alicyclic amines) is 1. The molecule has 1 aliphatic rings. The van der Waals surface area contributed by atoms with Crippen molar-refractivity contribution >= 4 is 35.2 Å². The molecule has 0 spiro atoms. The zero-order valence-corrected chi connectivity index (χ0v) is 18.1. The van der Waals surface area contributed by atoms with E-state index >= 15 is 0 Å². The number of hydrogen-bond acceptors (Lipinski definition) is 5. The first-order valence-electron chi connectivity index (χ1n) is 9.78. The average molecular weight is 441 g/mol. The molecule has 0 bridgehead atoms. The fourth-order valence-electron chi connectivity index (χ4n) is 3.50. The van der Waals surface area contributed by atoms with Crippen LogP contribution in [0.2, 0.25) is 5.02 Å². The summed E-state index contributed by atoms with van der Waals surface area (Å²) in [4.78, 5) is 27.6. The van der Waals surface area contributed by atoms with E-state index in [2.05, 4.69) is 10.2 Å². The number of para-hydroxylation sites is 1. The number of carbonyl (C=O) groups excluding carboxylic acids is 2. The number of amides is 2. The third kappa shape index (κ3) is 4.27. The van der Waals surface area contributed by atoms with Crippen molar-refractivity contribution in [1.29, 1.82) is 0 Å². The number of thioether (sulfide) groups is 1. The molecule has 30 heavy (non-hydrogen) atoms. The minimum atomic E-state index is -0.393. The Hall–Kier alpha value is -2.64. The monoisotopic (exact) mass is 440 g/mol. The molecular weight excluding hydrogens is 420 g/mol. The van der Waals surface area contributed by atoms with Gasteiger partial charge in [0.25, 0.3) is 5.91 Å². The Morgan fingerprint density at radius 2 is 1.90 bits per heavy atom. The van der Waals surface area contributed by atoms with Gasteiger partial charge in [0.05, 0.1) is 10.9 Å². The minimum Gasteiger partial charge on any atom is -0.278 e. The summed E-state index contributed by atoms with van der Waals surface area (Å²) in [6.45, 7) is 2.44. The van der Waals surface area contributed by atoms with E-state index in [1.807, 2.05) is 35.8 Å². The van der Waals surface area contributed by atoms with Crippen LogP contribution in [0, 0.1) is 6.92 Å². The quantitative estimate of drug-likeness (QED) is 0.557. The predicted molar refractivity (Wildman–Crippen MR) is 117 cm³/mol. The SMILES string of the molecule is Cc1ccccc1-n1cnnc1S[C@H]1CCCCN(C(=O)c2ccc(Cl)cc2)C1=O. The Balaban J connectivity index is 1.57. The van der Waals surface area contributed by atoms with Crippen LogP contribution in [-0.2, 0) is 4.79 Å². The Morgan fingerprint density at radius 1 is 1.13 bits per heavy atom. The molecule has 1 fully saturated rings. The molecule has 3 aromatic rings. The lowest BCUT2D eigenvalue weighted by molar-refractivity contribution is -0.127. The highest BCUT2D eigenvalue weighted by Crippen LogP contribution is 2.31. The lowest BCUT2D eigenvalue weighted by atomic mass is 10.2. The molecule has 2 aromatic carbocycles. The lowest BCUT2D eigenvalue weighted by Crippen LogP contribution is -2.41. The van der Waals surface area contributed by atoms with Crippen LogP contribution < -0.4 is 0 Å². The molecule has 0 radical (unpaired) electrons. The maximum atomic E-state index is 13.3. The van der Waals surface area contributed by atoms with Crippen LogP contribution in [0.25, 0.3) is 5.69 Å². The second-order valence-corrected chi connectivity index (χ2v) is 8.78. The van der Waals surface area contributed by atoms with Gasteiger partial charge in [-0.1, -0.05) is 48.0 Å². The molecular formula is C22H21ClN4O2S. The number of halogens is 1. The van der Waals surface area contributed by atoms with Gasteiger partial charge in [0.2, 0.25) is 5.91 Å². The minimum absolute atomic E-state index is 0.184. The van der Waals surface area contributed by atoms with Gasteiger partial charge in [0.1, 0.15) is 6.33 Å². The smallest absolute Gasteiger partial charge is 0.260 e. The molecule has 1 aliphatic heterocycles. The molecule has 0 saturated carbocycles. The van der Waals surface area contributed by atoms with Gasteiger partial charge in [0, 0.05) is 17.1 Å². The van der Waals surface area contributed by atoms with E-state index in [-0.39, 0.29) is 11.8 Å². The third-order valence-corrected chi connectivity index (χ3v) is 6.58. The lowest BCUT2D eigenvalue weighted by Gasteiger charge is -2.22.